The van der Waals surface area contributed by atoms with Gasteiger partial charge >= 0.3 is 0 Å². The van der Waals surface area contributed by atoms with Crippen LogP contribution in [0.25, 0.3) is 6.08 Å². The molecule has 17 heavy (non-hydrogen) atoms. The molecule has 0 aromatic heterocycles. The summed E-state index contributed by atoms with van der Waals surface area (Å²) < 4.78 is 26.1. The van der Waals surface area contributed by atoms with Crippen LogP contribution in [0.2, 0.25) is 0 Å². The number of hydrogen-bond acceptors (Lipinski definition) is 2. The molecular formula is C13H19NO2S. The molecule has 3 nitrogen and oxygen atoms in total. The second-order valence-corrected chi connectivity index (χ2v) is 5.49. The number of sulfonamides is 1. The molecule has 0 saturated heterocycles. The van der Waals surface area contributed by atoms with Gasteiger partial charge in [-0.1, -0.05) is 44.2 Å². The van der Waals surface area contributed by atoms with Gasteiger partial charge in [0.2, 0.25) is 10.0 Å². The van der Waals surface area contributed by atoms with Crippen molar-refractivity contribution in [2.24, 2.45) is 0 Å². The number of nitrogens with one attached hydrogen (secondary N) is 1. The van der Waals surface area contributed by atoms with E-state index in [-0.39, 0.29) is 6.04 Å². The Morgan fingerprint density at radius 3 is 2.29 bits per heavy atom. The fourth-order valence-corrected chi connectivity index (χ4v) is 2.67. The molecule has 0 spiro atoms. The van der Waals surface area contributed by atoms with E-state index in [1.807, 2.05) is 44.2 Å². The van der Waals surface area contributed by atoms with Gasteiger partial charge in [-0.15, -0.1) is 0 Å². The third kappa shape index (κ3) is 5.15. The first-order chi connectivity index (χ1) is 8.07. The summed E-state index contributed by atoms with van der Waals surface area (Å²) in [5.74, 6) is 0. The molecule has 1 rings (SSSR count). The molecule has 0 atom stereocenters. The van der Waals surface area contributed by atoms with Crippen molar-refractivity contribution in [1.82, 2.24) is 4.72 Å². The van der Waals surface area contributed by atoms with E-state index in [9.17, 15) is 8.42 Å². The first-order valence-corrected chi connectivity index (χ1v) is 7.37. The molecule has 0 amide bonds. The minimum atomic E-state index is -3.33. The van der Waals surface area contributed by atoms with Crippen molar-refractivity contribution in [1.29, 1.82) is 0 Å². The molecule has 0 saturated carbocycles. The third-order valence-corrected chi connectivity index (χ3v) is 3.71. The minimum Gasteiger partial charge on any atom is -0.209 e. The maximum atomic E-state index is 11.7. The van der Waals surface area contributed by atoms with Gasteiger partial charge in [-0.05, 0) is 24.5 Å². The SMILES string of the molecule is CCC(CC)NS(=O)(=O)C=Cc1ccccc1. The van der Waals surface area contributed by atoms with Crippen LogP contribution in [0.4, 0.5) is 0 Å². The van der Waals surface area contributed by atoms with E-state index >= 15 is 0 Å². The molecule has 0 heterocycles. The quantitative estimate of drug-likeness (QED) is 0.847. The molecule has 94 valence electrons. The average Bonchev–Trinajstić information content (AvgIpc) is 2.35. The number of benzene rings is 1. The van der Waals surface area contributed by atoms with E-state index in [0.717, 1.165) is 18.4 Å². The molecular weight excluding hydrogens is 234 g/mol. The Balaban J connectivity index is 2.70. The third-order valence-electron chi connectivity index (χ3n) is 2.56. The maximum absolute atomic E-state index is 11.7. The summed E-state index contributed by atoms with van der Waals surface area (Å²) in [6.07, 6.45) is 3.20. The molecule has 0 aliphatic heterocycles. The highest BCUT2D eigenvalue weighted by atomic mass is 32.2. The van der Waals surface area contributed by atoms with E-state index in [4.69, 9.17) is 0 Å². The largest absolute Gasteiger partial charge is 0.233 e. The summed E-state index contributed by atoms with van der Waals surface area (Å²) in [7, 11) is -3.33. The molecule has 0 radical (unpaired) electrons. The van der Waals surface area contributed by atoms with Gasteiger partial charge in [0.15, 0.2) is 0 Å². The average molecular weight is 253 g/mol. The highest BCUT2D eigenvalue weighted by Crippen LogP contribution is 2.05. The van der Waals surface area contributed by atoms with Crippen LogP contribution in [0.3, 0.4) is 0 Å². The Morgan fingerprint density at radius 1 is 1.18 bits per heavy atom. The van der Waals surface area contributed by atoms with E-state index in [1.54, 1.807) is 6.08 Å². The Bertz CT molecular complexity index is 448. The van der Waals surface area contributed by atoms with Crippen molar-refractivity contribution in [3.8, 4) is 0 Å². The zero-order valence-corrected chi connectivity index (χ0v) is 11.1. The van der Waals surface area contributed by atoms with Crippen molar-refractivity contribution in [3.63, 3.8) is 0 Å². The molecule has 0 aliphatic rings. The van der Waals surface area contributed by atoms with Gasteiger partial charge in [-0.2, -0.15) is 0 Å². The van der Waals surface area contributed by atoms with Crippen LogP contribution in [0.1, 0.15) is 32.3 Å². The van der Waals surface area contributed by atoms with Crippen LogP contribution in [-0.4, -0.2) is 14.5 Å². The summed E-state index contributed by atoms with van der Waals surface area (Å²) in [5.41, 5.74) is 0.877. The Labute approximate surface area is 104 Å². The van der Waals surface area contributed by atoms with E-state index < -0.39 is 10.0 Å². The van der Waals surface area contributed by atoms with E-state index in [2.05, 4.69) is 4.72 Å². The number of rotatable bonds is 6. The van der Waals surface area contributed by atoms with Crippen LogP contribution < -0.4 is 4.72 Å². The summed E-state index contributed by atoms with van der Waals surface area (Å²) in [4.78, 5) is 0. The molecule has 0 bridgehead atoms. The fraction of sp³-hybridized carbons (Fsp3) is 0.385. The number of hydrogen-bond donors (Lipinski definition) is 1. The monoisotopic (exact) mass is 253 g/mol. The Kier molecular flexibility index (Phi) is 5.38. The molecule has 0 unspecified atom stereocenters. The normalized spacial score (nSPS) is 12.4. The van der Waals surface area contributed by atoms with E-state index in [0.29, 0.717) is 0 Å². The first-order valence-electron chi connectivity index (χ1n) is 5.83. The lowest BCUT2D eigenvalue weighted by molar-refractivity contribution is 0.537. The zero-order chi connectivity index (χ0) is 12.7. The van der Waals surface area contributed by atoms with Crippen molar-refractivity contribution in [2.45, 2.75) is 32.7 Å². The van der Waals surface area contributed by atoms with Crippen LogP contribution in [-0.2, 0) is 10.0 Å². The lowest BCUT2D eigenvalue weighted by Crippen LogP contribution is -2.32. The molecule has 0 fully saturated rings. The van der Waals surface area contributed by atoms with Gasteiger partial charge in [0.25, 0.3) is 0 Å². The molecule has 4 heteroatoms. The van der Waals surface area contributed by atoms with Crippen LogP contribution in [0.15, 0.2) is 35.7 Å². The Morgan fingerprint density at radius 2 is 1.76 bits per heavy atom. The van der Waals surface area contributed by atoms with Crippen molar-refractivity contribution in [2.75, 3.05) is 0 Å². The zero-order valence-electron chi connectivity index (χ0n) is 10.3. The molecule has 1 aromatic rings. The molecule has 1 N–H and O–H groups in total. The summed E-state index contributed by atoms with van der Waals surface area (Å²) >= 11 is 0. The van der Waals surface area contributed by atoms with E-state index in [1.165, 1.54) is 5.41 Å². The van der Waals surface area contributed by atoms with Gasteiger partial charge < -0.3 is 0 Å². The molecule has 0 aliphatic carbocycles. The van der Waals surface area contributed by atoms with Crippen molar-refractivity contribution < 1.29 is 8.42 Å². The highest BCUT2D eigenvalue weighted by molar-refractivity contribution is 7.92. The Hall–Kier alpha value is -1.13. The predicted molar refractivity (Wildman–Crippen MR) is 71.9 cm³/mol. The predicted octanol–water partition coefficient (Wildman–Crippen LogP) is 2.77. The second-order valence-electron chi connectivity index (χ2n) is 3.89. The molecule has 1 aromatic carbocycles. The van der Waals surface area contributed by atoms with Gasteiger partial charge in [-0.25, -0.2) is 13.1 Å². The fourth-order valence-electron chi connectivity index (χ4n) is 1.46. The van der Waals surface area contributed by atoms with Crippen molar-refractivity contribution >= 4 is 16.1 Å². The van der Waals surface area contributed by atoms with Crippen molar-refractivity contribution in [3.05, 3.63) is 41.3 Å². The standard InChI is InChI=1S/C13H19NO2S/c1-3-13(4-2)14-17(15,16)11-10-12-8-6-5-7-9-12/h5-11,13-14H,3-4H2,1-2H3. The lowest BCUT2D eigenvalue weighted by Gasteiger charge is -2.12. The first kappa shape index (κ1) is 13.9. The summed E-state index contributed by atoms with van der Waals surface area (Å²) in [5, 5.41) is 1.22. The summed E-state index contributed by atoms with van der Waals surface area (Å²) in [6, 6.07) is 9.39. The van der Waals surface area contributed by atoms with Crippen LogP contribution in [0.5, 0.6) is 0 Å². The lowest BCUT2D eigenvalue weighted by atomic mass is 10.2. The van der Waals surface area contributed by atoms with Crippen LogP contribution in [0, 0.1) is 0 Å². The highest BCUT2D eigenvalue weighted by Gasteiger charge is 2.11. The smallest absolute Gasteiger partial charge is 0.209 e. The van der Waals surface area contributed by atoms with Gasteiger partial charge in [0, 0.05) is 11.4 Å². The van der Waals surface area contributed by atoms with Gasteiger partial charge in [0.05, 0.1) is 0 Å². The van der Waals surface area contributed by atoms with Gasteiger partial charge in [-0.3, -0.25) is 0 Å². The van der Waals surface area contributed by atoms with Crippen LogP contribution >= 0.6 is 0 Å². The maximum Gasteiger partial charge on any atom is 0.233 e. The second kappa shape index (κ2) is 6.57. The summed E-state index contributed by atoms with van der Waals surface area (Å²) in [6.45, 7) is 3.94. The van der Waals surface area contributed by atoms with Gasteiger partial charge in [0.1, 0.15) is 0 Å². The minimum absolute atomic E-state index is 0.0143. The topological polar surface area (TPSA) is 46.2 Å².